The Kier molecular flexibility index (Phi) is 8.72. The number of benzene rings is 1. The topological polar surface area (TPSA) is 59.4 Å². The van der Waals surface area contributed by atoms with Crippen LogP contribution < -0.4 is 10.9 Å². The summed E-state index contributed by atoms with van der Waals surface area (Å²) in [7, 11) is -1.19. The molecule has 6 nitrogen and oxygen atoms in total. The molecule has 0 saturated carbocycles. The van der Waals surface area contributed by atoms with E-state index in [1.165, 1.54) is 24.0 Å². The molecule has 0 amide bonds. The van der Waals surface area contributed by atoms with Crippen molar-refractivity contribution in [1.82, 2.24) is 14.5 Å². The van der Waals surface area contributed by atoms with E-state index >= 15 is 0 Å². The molecule has 1 N–H and O–H groups in total. The molecular formula is C30H43ClN4O2Si. The molecule has 1 fully saturated rings. The van der Waals surface area contributed by atoms with Gasteiger partial charge in [0, 0.05) is 32.1 Å². The van der Waals surface area contributed by atoms with Crippen LogP contribution in [0.15, 0.2) is 41.3 Å². The number of ether oxygens (including phenoxy) is 1. The zero-order valence-corrected chi connectivity index (χ0v) is 25.8. The lowest BCUT2D eigenvalue weighted by atomic mass is 9.85. The highest BCUT2D eigenvalue weighted by Crippen LogP contribution is 2.34. The maximum atomic E-state index is 13.4. The first-order chi connectivity index (χ1) is 17.8. The van der Waals surface area contributed by atoms with Gasteiger partial charge in [-0.2, -0.15) is 0 Å². The molecule has 0 atom stereocenters. The van der Waals surface area contributed by atoms with Crippen molar-refractivity contribution in [2.24, 2.45) is 0 Å². The van der Waals surface area contributed by atoms with E-state index in [1.54, 1.807) is 16.8 Å². The van der Waals surface area contributed by atoms with Crippen LogP contribution in [0.1, 0.15) is 50.7 Å². The van der Waals surface area contributed by atoms with Crippen molar-refractivity contribution in [2.75, 3.05) is 25.0 Å². The average Bonchev–Trinajstić information content (AvgIpc) is 2.82. The van der Waals surface area contributed by atoms with Crippen molar-refractivity contribution >= 4 is 42.0 Å². The number of rotatable bonds is 8. The van der Waals surface area contributed by atoms with Gasteiger partial charge in [-0.25, -0.2) is 4.98 Å². The number of aromatic nitrogens is 2. The van der Waals surface area contributed by atoms with E-state index < -0.39 is 8.07 Å². The van der Waals surface area contributed by atoms with Crippen molar-refractivity contribution in [3.63, 3.8) is 0 Å². The van der Waals surface area contributed by atoms with E-state index in [9.17, 15) is 4.79 Å². The minimum atomic E-state index is -1.19. The number of halogens is 1. The Morgan fingerprint density at radius 3 is 2.47 bits per heavy atom. The molecule has 4 rings (SSSR count). The summed E-state index contributed by atoms with van der Waals surface area (Å²) in [5.74, 6) is 1.04. The van der Waals surface area contributed by atoms with Crippen molar-refractivity contribution in [2.45, 2.75) is 84.4 Å². The number of piperidine rings is 1. The maximum Gasteiger partial charge on any atom is 0.264 e. The smallest absolute Gasteiger partial charge is 0.264 e. The maximum absolute atomic E-state index is 13.4. The molecule has 0 aliphatic carbocycles. The second kappa shape index (κ2) is 11.5. The van der Waals surface area contributed by atoms with Gasteiger partial charge >= 0.3 is 0 Å². The number of fused-ring (bicyclic) bond motifs is 1. The summed E-state index contributed by atoms with van der Waals surface area (Å²) in [5, 5.41) is 5.01. The molecule has 1 aliphatic heterocycles. The number of nitrogens with one attached hydrogen (secondary N) is 1. The van der Waals surface area contributed by atoms with Gasteiger partial charge in [-0.3, -0.25) is 14.3 Å². The molecule has 206 valence electrons. The molecule has 8 heteroatoms. The third kappa shape index (κ3) is 7.06. The summed E-state index contributed by atoms with van der Waals surface area (Å²) >= 11 is 6.34. The first-order valence-corrected chi connectivity index (χ1v) is 17.8. The number of nitrogens with zero attached hydrogens (tertiary/aromatic N) is 3. The molecule has 2 aromatic heterocycles. The molecule has 0 bridgehead atoms. The fourth-order valence-corrected chi connectivity index (χ4v) is 6.17. The Labute approximate surface area is 233 Å². The second-order valence-electron chi connectivity index (χ2n) is 12.8. The van der Waals surface area contributed by atoms with Gasteiger partial charge < -0.3 is 10.1 Å². The standard InChI is InChI=1S/C30H43ClN4O2Si/c1-21-18-24(8-9-25(21)22-11-14-35(15-12-22)30(2,3)4)32-28-27-23(19-26(31)33-28)10-13-34(29(27)36)20-37-16-17-38(5,6)7/h8-10,13,18-19,22H,11-12,14-17,20H2,1-7H3,(H,32,33). The molecular weight excluding hydrogens is 512 g/mol. The molecule has 3 aromatic rings. The van der Waals surface area contributed by atoms with Crippen molar-refractivity contribution in [3.05, 3.63) is 63.2 Å². The van der Waals surface area contributed by atoms with Gasteiger partial charge in [0.25, 0.3) is 5.56 Å². The van der Waals surface area contributed by atoms with Crippen molar-refractivity contribution in [1.29, 1.82) is 0 Å². The van der Waals surface area contributed by atoms with Crippen molar-refractivity contribution < 1.29 is 4.74 Å². The first-order valence-electron chi connectivity index (χ1n) is 13.7. The highest BCUT2D eigenvalue weighted by atomic mass is 35.5. The van der Waals surface area contributed by atoms with Crippen LogP contribution in [-0.2, 0) is 11.5 Å². The van der Waals surface area contributed by atoms with Crippen LogP contribution in [0.25, 0.3) is 10.8 Å². The third-order valence-electron chi connectivity index (χ3n) is 7.57. The van der Waals surface area contributed by atoms with E-state index in [4.69, 9.17) is 16.3 Å². The van der Waals surface area contributed by atoms with Crippen LogP contribution in [0.4, 0.5) is 11.5 Å². The SMILES string of the molecule is Cc1cc(Nc2nc(Cl)cc3ccn(COCC[Si](C)(C)C)c(=O)c23)ccc1C1CCN(C(C)(C)C)CC1. The summed E-state index contributed by atoms with van der Waals surface area (Å²) in [6, 6.07) is 11.2. The highest BCUT2D eigenvalue weighted by Gasteiger charge is 2.28. The highest BCUT2D eigenvalue weighted by molar-refractivity contribution is 6.76. The number of pyridine rings is 2. The molecule has 1 saturated heterocycles. The molecule has 38 heavy (non-hydrogen) atoms. The Hall–Kier alpha value is -2.19. The fraction of sp³-hybridized carbons (Fsp3) is 0.533. The molecule has 0 radical (unpaired) electrons. The van der Waals surface area contributed by atoms with E-state index in [-0.39, 0.29) is 17.8 Å². The normalized spacial score (nSPS) is 15.8. The third-order valence-corrected chi connectivity index (χ3v) is 9.47. The van der Waals surface area contributed by atoms with Crippen LogP contribution in [0.3, 0.4) is 0 Å². The van der Waals surface area contributed by atoms with Crippen LogP contribution in [0.2, 0.25) is 30.8 Å². The minimum absolute atomic E-state index is 0.138. The van der Waals surface area contributed by atoms with E-state index in [0.29, 0.717) is 28.9 Å². The van der Waals surface area contributed by atoms with Gasteiger partial charge in [-0.15, -0.1) is 0 Å². The first kappa shape index (κ1) is 28.8. The number of anilines is 2. The zero-order valence-electron chi connectivity index (χ0n) is 24.0. The second-order valence-corrected chi connectivity index (χ2v) is 18.8. The summed E-state index contributed by atoms with van der Waals surface area (Å²) in [5.41, 5.74) is 3.64. The lowest BCUT2D eigenvalue weighted by molar-refractivity contribution is 0.0851. The predicted molar refractivity (Wildman–Crippen MR) is 163 cm³/mol. The van der Waals surface area contributed by atoms with E-state index in [0.717, 1.165) is 30.2 Å². The van der Waals surface area contributed by atoms with Gasteiger partial charge in [0.05, 0.1) is 5.39 Å². The van der Waals surface area contributed by atoms with Gasteiger partial charge in [-0.1, -0.05) is 37.3 Å². The fourth-order valence-electron chi connectivity index (χ4n) is 5.21. The largest absolute Gasteiger partial charge is 0.361 e. The predicted octanol–water partition coefficient (Wildman–Crippen LogP) is 7.39. The Morgan fingerprint density at radius 2 is 1.84 bits per heavy atom. The molecule has 0 spiro atoms. The Bertz CT molecular complexity index is 1340. The Morgan fingerprint density at radius 1 is 1.13 bits per heavy atom. The minimum Gasteiger partial charge on any atom is -0.361 e. The van der Waals surface area contributed by atoms with E-state index in [2.05, 4.69) is 80.7 Å². The van der Waals surface area contributed by atoms with Gasteiger partial charge in [0.2, 0.25) is 0 Å². The zero-order chi connectivity index (χ0) is 27.7. The average molecular weight is 555 g/mol. The molecule has 1 aliphatic rings. The van der Waals surface area contributed by atoms with E-state index in [1.807, 2.05) is 6.07 Å². The number of likely N-dealkylation sites (tertiary alicyclic amines) is 1. The summed E-state index contributed by atoms with van der Waals surface area (Å²) in [4.78, 5) is 20.5. The van der Waals surface area contributed by atoms with Crippen LogP contribution >= 0.6 is 11.6 Å². The summed E-state index contributed by atoms with van der Waals surface area (Å²) in [6.07, 6.45) is 4.11. The van der Waals surface area contributed by atoms with Crippen LogP contribution in [-0.4, -0.2) is 47.8 Å². The number of aryl methyl sites for hydroxylation is 1. The molecule has 3 heterocycles. The summed E-state index contributed by atoms with van der Waals surface area (Å²) in [6.45, 7) is 19.1. The molecule has 1 aromatic carbocycles. The number of hydrogen-bond acceptors (Lipinski definition) is 5. The van der Waals surface area contributed by atoms with Gasteiger partial charge in [0.1, 0.15) is 17.7 Å². The van der Waals surface area contributed by atoms with Crippen LogP contribution in [0, 0.1) is 6.92 Å². The molecule has 0 unspecified atom stereocenters. The lowest BCUT2D eigenvalue weighted by Crippen LogP contribution is -2.45. The summed E-state index contributed by atoms with van der Waals surface area (Å²) < 4.78 is 7.45. The van der Waals surface area contributed by atoms with Gasteiger partial charge in [0.15, 0.2) is 0 Å². The van der Waals surface area contributed by atoms with Gasteiger partial charge in [-0.05, 0) is 106 Å². The monoisotopic (exact) mass is 554 g/mol. The number of hydrogen-bond donors (Lipinski definition) is 1. The quantitative estimate of drug-likeness (QED) is 0.179. The Balaban J connectivity index is 1.53. The van der Waals surface area contributed by atoms with Crippen LogP contribution in [0.5, 0.6) is 0 Å². The van der Waals surface area contributed by atoms with Crippen molar-refractivity contribution in [3.8, 4) is 0 Å². The lowest BCUT2D eigenvalue weighted by Gasteiger charge is -2.41.